The highest BCUT2D eigenvalue weighted by molar-refractivity contribution is 5.93. The number of quaternary nitrogens is 1. The minimum Gasteiger partial charge on any atom is -0.870 e. The van der Waals surface area contributed by atoms with Crippen molar-refractivity contribution in [1.29, 1.82) is 0 Å². The van der Waals surface area contributed by atoms with E-state index in [0.717, 1.165) is 4.48 Å². The lowest BCUT2D eigenvalue weighted by molar-refractivity contribution is 0.383. The van der Waals surface area contributed by atoms with Crippen molar-refractivity contribution in [2.24, 2.45) is 0 Å². The van der Waals surface area contributed by atoms with E-state index < -0.39 is 0 Å². The predicted molar refractivity (Wildman–Crippen MR) is 97.8 cm³/mol. The number of nitrogens with zero attached hydrogens (tertiary/aromatic N) is 1. The van der Waals surface area contributed by atoms with Crippen LogP contribution in [0.3, 0.4) is 0 Å². The number of hydrogen-bond acceptors (Lipinski definition) is 1. The standard InChI is InChI=1S/C20H30N.H2O/c1-4-5-6-7-8-11-17-21(2,3)20-16-12-14-18-13-9-10-15-19(18)20;/h9-10,12-16H,4-8,11,17H2,1-3H3;1H2/q+1;/p-1. The van der Waals surface area contributed by atoms with E-state index in [9.17, 15) is 0 Å². The molecule has 0 radical (unpaired) electrons. The molecule has 0 fully saturated rings. The van der Waals surface area contributed by atoms with Crippen LogP contribution in [0.4, 0.5) is 5.69 Å². The fourth-order valence-corrected chi connectivity index (χ4v) is 3.14. The largest absolute Gasteiger partial charge is 0.870 e. The summed E-state index contributed by atoms with van der Waals surface area (Å²) in [5.41, 5.74) is 1.45. The average molecular weight is 301 g/mol. The Morgan fingerprint density at radius 1 is 0.773 bits per heavy atom. The SMILES string of the molecule is CCCCCCCC[N+](C)(C)c1cccc2ccccc12.[OH-]. The van der Waals surface area contributed by atoms with E-state index in [4.69, 9.17) is 0 Å². The van der Waals surface area contributed by atoms with Crippen molar-refractivity contribution in [1.82, 2.24) is 4.48 Å². The molecule has 0 amide bonds. The number of rotatable bonds is 8. The molecule has 2 aromatic rings. The highest BCUT2D eigenvalue weighted by atomic mass is 16.0. The van der Waals surface area contributed by atoms with Crippen LogP contribution in [0, 0.1) is 0 Å². The molecule has 0 unspecified atom stereocenters. The molecule has 0 heterocycles. The second-order valence-electron chi connectivity index (χ2n) is 6.67. The first-order valence-electron chi connectivity index (χ1n) is 8.46. The molecule has 1 N–H and O–H groups in total. The molecule has 0 aliphatic rings. The summed E-state index contributed by atoms with van der Waals surface area (Å²) in [6.45, 7) is 3.50. The Morgan fingerprint density at radius 2 is 1.41 bits per heavy atom. The molecule has 2 heteroatoms. The molecule has 0 aliphatic carbocycles. The zero-order valence-corrected chi connectivity index (χ0v) is 14.4. The van der Waals surface area contributed by atoms with Gasteiger partial charge >= 0.3 is 0 Å². The van der Waals surface area contributed by atoms with E-state index in [-0.39, 0.29) is 5.48 Å². The Hall–Kier alpha value is -1.38. The van der Waals surface area contributed by atoms with E-state index in [2.05, 4.69) is 63.5 Å². The van der Waals surface area contributed by atoms with Gasteiger partial charge in [-0.1, -0.05) is 62.9 Å². The second kappa shape index (κ2) is 8.92. The summed E-state index contributed by atoms with van der Waals surface area (Å²) in [7, 11) is 4.68. The summed E-state index contributed by atoms with van der Waals surface area (Å²) in [6, 6.07) is 15.4. The van der Waals surface area contributed by atoms with E-state index in [1.807, 2.05) is 0 Å². The van der Waals surface area contributed by atoms with Crippen LogP contribution in [0.1, 0.15) is 45.4 Å². The molecular formula is C20H31NO. The number of hydrogen-bond donors (Lipinski definition) is 0. The van der Waals surface area contributed by atoms with Crippen LogP contribution in [0.25, 0.3) is 10.8 Å². The third kappa shape index (κ3) is 4.82. The van der Waals surface area contributed by atoms with Gasteiger partial charge in [0.1, 0.15) is 5.69 Å². The molecular weight excluding hydrogens is 270 g/mol. The lowest BCUT2D eigenvalue weighted by atomic mass is 10.1. The molecule has 2 nitrogen and oxygen atoms in total. The molecule has 0 saturated heterocycles. The third-order valence-corrected chi connectivity index (χ3v) is 4.49. The number of unbranched alkanes of at least 4 members (excludes halogenated alkanes) is 5. The van der Waals surface area contributed by atoms with Crippen LogP contribution in [0.5, 0.6) is 0 Å². The van der Waals surface area contributed by atoms with Crippen LogP contribution in [-0.2, 0) is 0 Å². The van der Waals surface area contributed by atoms with Gasteiger partial charge in [-0.25, -0.2) is 0 Å². The van der Waals surface area contributed by atoms with Gasteiger partial charge in [0, 0.05) is 5.39 Å². The van der Waals surface area contributed by atoms with Gasteiger partial charge in [0.05, 0.1) is 20.6 Å². The predicted octanol–water partition coefficient (Wildman–Crippen LogP) is 5.59. The number of fused-ring (bicyclic) bond motifs is 1. The van der Waals surface area contributed by atoms with Crippen LogP contribution in [0.2, 0.25) is 0 Å². The van der Waals surface area contributed by atoms with Gasteiger partial charge in [-0.2, -0.15) is 0 Å². The smallest absolute Gasteiger partial charge is 0.140 e. The zero-order chi connectivity index (χ0) is 15.1. The fraction of sp³-hybridized carbons (Fsp3) is 0.500. The van der Waals surface area contributed by atoms with Gasteiger partial charge in [-0.15, -0.1) is 0 Å². The molecule has 0 aromatic heterocycles. The lowest BCUT2D eigenvalue weighted by Gasteiger charge is -2.30. The molecule has 0 saturated carbocycles. The van der Waals surface area contributed by atoms with Crippen molar-refractivity contribution in [2.45, 2.75) is 45.4 Å². The first-order valence-corrected chi connectivity index (χ1v) is 8.46. The molecule has 0 atom stereocenters. The molecule has 2 aromatic carbocycles. The maximum Gasteiger partial charge on any atom is 0.140 e. The van der Waals surface area contributed by atoms with E-state index in [0.29, 0.717) is 0 Å². The Kier molecular flexibility index (Phi) is 7.57. The van der Waals surface area contributed by atoms with Crippen LogP contribution < -0.4 is 4.48 Å². The van der Waals surface area contributed by atoms with Gasteiger partial charge in [-0.05, 0) is 30.4 Å². The van der Waals surface area contributed by atoms with Crippen molar-refractivity contribution < 1.29 is 5.48 Å². The van der Waals surface area contributed by atoms with Crippen LogP contribution in [0.15, 0.2) is 42.5 Å². The van der Waals surface area contributed by atoms with Gasteiger partial charge in [0.15, 0.2) is 0 Å². The summed E-state index contributed by atoms with van der Waals surface area (Å²) in [6.07, 6.45) is 8.20. The lowest BCUT2D eigenvalue weighted by Crippen LogP contribution is -2.41. The normalized spacial score (nSPS) is 11.4. The van der Waals surface area contributed by atoms with E-state index in [1.54, 1.807) is 0 Å². The summed E-state index contributed by atoms with van der Waals surface area (Å²) in [4.78, 5) is 0. The minimum atomic E-state index is 0. The Bertz CT molecular complexity index is 557. The van der Waals surface area contributed by atoms with Gasteiger partial charge in [-0.3, -0.25) is 4.48 Å². The van der Waals surface area contributed by atoms with Crippen molar-refractivity contribution in [2.75, 3.05) is 20.6 Å². The van der Waals surface area contributed by atoms with Crippen LogP contribution >= 0.6 is 0 Å². The van der Waals surface area contributed by atoms with E-state index in [1.165, 1.54) is 61.5 Å². The highest BCUT2D eigenvalue weighted by Gasteiger charge is 2.20. The van der Waals surface area contributed by atoms with Gasteiger partial charge in [0.25, 0.3) is 0 Å². The minimum absolute atomic E-state index is 0. The van der Waals surface area contributed by atoms with Crippen molar-refractivity contribution >= 4 is 16.5 Å². The van der Waals surface area contributed by atoms with E-state index >= 15 is 0 Å². The average Bonchev–Trinajstić information content (AvgIpc) is 2.50. The quantitative estimate of drug-likeness (QED) is 0.461. The molecule has 2 rings (SSSR count). The van der Waals surface area contributed by atoms with Gasteiger partial charge < -0.3 is 5.48 Å². The summed E-state index contributed by atoms with van der Waals surface area (Å²) >= 11 is 0. The zero-order valence-electron chi connectivity index (χ0n) is 14.4. The van der Waals surface area contributed by atoms with Crippen molar-refractivity contribution in [3.63, 3.8) is 0 Å². The van der Waals surface area contributed by atoms with Crippen molar-refractivity contribution in [3.05, 3.63) is 42.5 Å². The second-order valence-corrected chi connectivity index (χ2v) is 6.67. The van der Waals surface area contributed by atoms with Crippen molar-refractivity contribution in [3.8, 4) is 0 Å². The molecule has 0 bridgehead atoms. The molecule has 122 valence electrons. The maximum absolute atomic E-state index is 2.34. The topological polar surface area (TPSA) is 30.0 Å². The summed E-state index contributed by atoms with van der Waals surface area (Å²) in [5.74, 6) is 0. The fourth-order valence-electron chi connectivity index (χ4n) is 3.14. The molecule has 0 aliphatic heterocycles. The molecule has 0 spiro atoms. The summed E-state index contributed by atoms with van der Waals surface area (Å²) < 4.78 is 0.981. The first kappa shape index (κ1) is 18.7. The Labute approximate surface area is 135 Å². The monoisotopic (exact) mass is 301 g/mol. The highest BCUT2D eigenvalue weighted by Crippen LogP contribution is 2.29. The molecule has 22 heavy (non-hydrogen) atoms. The Balaban J connectivity index is 0.00000242. The third-order valence-electron chi connectivity index (χ3n) is 4.49. The summed E-state index contributed by atoms with van der Waals surface area (Å²) in [5, 5.41) is 2.75. The van der Waals surface area contributed by atoms with Crippen LogP contribution in [-0.4, -0.2) is 26.1 Å². The maximum atomic E-state index is 2.34. The Morgan fingerprint density at radius 3 is 2.18 bits per heavy atom. The number of benzene rings is 2. The van der Waals surface area contributed by atoms with Gasteiger partial charge in [0.2, 0.25) is 0 Å². The first-order chi connectivity index (χ1) is 10.1.